The first-order chi connectivity index (χ1) is 11.8. The SMILES string of the molecule is Cc1cc(-c2ncnn3cc(C4=CCOCC4)cc23)ccc1CN. The number of aryl methyl sites for hydroxylation is 1. The first-order valence-corrected chi connectivity index (χ1v) is 8.17. The predicted molar refractivity (Wildman–Crippen MR) is 94.5 cm³/mol. The Kier molecular flexibility index (Phi) is 3.88. The standard InChI is InChI=1S/C19H20N4O/c1-13-8-15(2-3-16(13)10-20)19-18-9-17(11-23(18)22-12-21-19)14-4-6-24-7-5-14/h2-4,8-9,11-12H,5-7,10,20H2,1H3. The molecule has 3 heterocycles. The molecule has 1 aliphatic heterocycles. The Morgan fingerprint density at radius 3 is 2.92 bits per heavy atom. The highest BCUT2D eigenvalue weighted by Crippen LogP contribution is 2.29. The largest absolute Gasteiger partial charge is 0.377 e. The molecule has 5 heteroatoms. The summed E-state index contributed by atoms with van der Waals surface area (Å²) in [4.78, 5) is 4.52. The van der Waals surface area contributed by atoms with E-state index in [0.29, 0.717) is 13.2 Å². The average molecular weight is 320 g/mol. The molecule has 2 N–H and O–H groups in total. The van der Waals surface area contributed by atoms with E-state index in [9.17, 15) is 0 Å². The lowest BCUT2D eigenvalue weighted by Crippen LogP contribution is -2.03. The third-order valence-electron chi connectivity index (χ3n) is 4.58. The minimum atomic E-state index is 0.552. The maximum atomic E-state index is 5.77. The van der Waals surface area contributed by atoms with Crippen molar-refractivity contribution < 1.29 is 4.74 Å². The van der Waals surface area contributed by atoms with Gasteiger partial charge in [-0.2, -0.15) is 5.10 Å². The van der Waals surface area contributed by atoms with Crippen molar-refractivity contribution in [2.24, 2.45) is 5.73 Å². The maximum Gasteiger partial charge on any atom is 0.137 e. The number of benzene rings is 1. The summed E-state index contributed by atoms with van der Waals surface area (Å²) < 4.78 is 7.30. The fourth-order valence-electron chi connectivity index (χ4n) is 3.19. The minimum absolute atomic E-state index is 0.552. The molecule has 0 amide bonds. The zero-order valence-corrected chi connectivity index (χ0v) is 13.7. The van der Waals surface area contributed by atoms with Crippen molar-refractivity contribution in [2.75, 3.05) is 13.2 Å². The fraction of sp³-hybridized carbons (Fsp3) is 0.263. The van der Waals surface area contributed by atoms with E-state index in [4.69, 9.17) is 10.5 Å². The van der Waals surface area contributed by atoms with Crippen LogP contribution in [0.1, 0.15) is 23.1 Å². The molecule has 0 saturated carbocycles. The summed E-state index contributed by atoms with van der Waals surface area (Å²) in [6, 6.07) is 8.47. The number of hydrogen-bond acceptors (Lipinski definition) is 4. The molecular weight excluding hydrogens is 300 g/mol. The van der Waals surface area contributed by atoms with Crippen molar-refractivity contribution in [1.82, 2.24) is 14.6 Å². The van der Waals surface area contributed by atoms with Gasteiger partial charge in [-0.1, -0.05) is 18.2 Å². The summed E-state index contributed by atoms with van der Waals surface area (Å²) in [5.41, 5.74) is 13.7. The number of nitrogens with two attached hydrogens (primary N) is 1. The highest BCUT2D eigenvalue weighted by Gasteiger charge is 2.13. The summed E-state index contributed by atoms with van der Waals surface area (Å²) >= 11 is 0. The first-order valence-electron chi connectivity index (χ1n) is 8.17. The second-order valence-corrected chi connectivity index (χ2v) is 6.07. The lowest BCUT2D eigenvalue weighted by Gasteiger charge is -2.11. The number of nitrogens with zero attached hydrogens (tertiary/aromatic N) is 3. The number of rotatable bonds is 3. The van der Waals surface area contributed by atoms with E-state index in [-0.39, 0.29) is 0 Å². The normalized spacial score (nSPS) is 14.8. The van der Waals surface area contributed by atoms with Crippen LogP contribution in [0.2, 0.25) is 0 Å². The van der Waals surface area contributed by atoms with E-state index < -0.39 is 0 Å². The van der Waals surface area contributed by atoms with Crippen LogP contribution in [0.4, 0.5) is 0 Å². The van der Waals surface area contributed by atoms with Gasteiger partial charge in [0, 0.05) is 18.3 Å². The molecule has 0 aliphatic carbocycles. The minimum Gasteiger partial charge on any atom is -0.377 e. The maximum absolute atomic E-state index is 5.77. The summed E-state index contributed by atoms with van der Waals surface area (Å²) in [6.07, 6.45) is 6.75. The van der Waals surface area contributed by atoms with Gasteiger partial charge in [0.05, 0.1) is 24.4 Å². The number of hydrogen-bond donors (Lipinski definition) is 1. The van der Waals surface area contributed by atoms with E-state index in [1.165, 1.54) is 16.7 Å². The second kappa shape index (κ2) is 6.19. The third kappa shape index (κ3) is 2.62. The van der Waals surface area contributed by atoms with Gasteiger partial charge in [-0.3, -0.25) is 0 Å². The van der Waals surface area contributed by atoms with Gasteiger partial charge < -0.3 is 10.5 Å². The summed E-state index contributed by atoms with van der Waals surface area (Å²) in [7, 11) is 0. The molecule has 0 saturated heterocycles. The molecule has 0 unspecified atom stereocenters. The van der Waals surface area contributed by atoms with Crippen molar-refractivity contribution in [3.8, 4) is 11.3 Å². The Morgan fingerprint density at radius 2 is 2.17 bits per heavy atom. The Labute approximate surface area is 140 Å². The van der Waals surface area contributed by atoms with E-state index in [0.717, 1.165) is 35.4 Å². The smallest absolute Gasteiger partial charge is 0.137 e. The molecule has 0 fully saturated rings. The first kappa shape index (κ1) is 15.1. The van der Waals surface area contributed by atoms with E-state index in [2.05, 4.69) is 53.5 Å². The molecule has 0 radical (unpaired) electrons. The Balaban J connectivity index is 1.82. The molecule has 0 spiro atoms. The van der Waals surface area contributed by atoms with E-state index in [1.54, 1.807) is 6.33 Å². The van der Waals surface area contributed by atoms with Crippen molar-refractivity contribution in [3.05, 3.63) is 59.6 Å². The molecule has 2 aromatic heterocycles. The van der Waals surface area contributed by atoms with Gasteiger partial charge in [0.1, 0.15) is 6.33 Å². The topological polar surface area (TPSA) is 65.4 Å². The van der Waals surface area contributed by atoms with Crippen LogP contribution in [0.3, 0.4) is 0 Å². The molecule has 4 rings (SSSR count). The summed E-state index contributed by atoms with van der Waals surface area (Å²) in [5.74, 6) is 0. The lowest BCUT2D eigenvalue weighted by atomic mass is 10.0. The molecule has 0 bridgehead atoms. The van der Waals surface area contributed by atoms with Gasteiger partial charge >= 0.3 is 0 Å². The molecule has 24 heavy (non-hydrogen) atoms. The zero-order chi connectivity index (χ0) is 16.5. The van der Waals surface area contributed by atoms with Crippen LogP contribution in [-0.4, -0.2) is 27.8 Å². The summed E-state index contributed by atoms with van der Waals surface area (Å²) in [5, 5.41) is 4.37. The van der Waals surface area contributed by atoms with Gasteiger partial charge in [-0.05, 0) is 47.7 Å². The van der Waals surface area contributed by atoms with Crippen LogP contribution >= 0.6 is 0 Å². The highest BCUT2D eigenvalue weighted by atomic mass is 16.5. The molecule has 5 nitrogen and oxygen atoms in total. The second-order valence-electron chi connectivity index (χ2n) is 6.07. The van der Waals surface area contributed by atoms with Crippen LogP contribution in [0.15, 0.2) is 42.9 Å². The van der Waals surface area contributed by atoms with Crippen molar-refractivity contribution in [2.45, 2.75) is 19.9 Å². The Bertz CT molecular complexity index is 926. The number of fused-ring (bicyclic) bond motifs is 1. The Morgan fingerprint density at radius 1 is 1.25 bits per heavy atom. The van der Waals surface area contributed by atoms with Crippen LogP contribution < -0.4 is 5.73 Å². The zero-order valence-electron chi connectivity index (χ0n) is 13.7. The van der Waals surface area contributed by atoms with Crippen molar-refractivity contribution in [1.29, 1.82) is 0 Å². The van der Waals surface area contributed by atoms with Crippen LogP contribution in [0, 0.1) is 6.92 Å². The molecule has 1 aliphatic rings. The quantitative estimate of drug-likeness (QED) is 0.806. The van der Waals surface area contributed by atoms with Gasteiger partial charge in [0.25, 0.3) is 0 Å². The number of aromatic nitrogens is 3. The lowest BCUT2D eigenvalue weighted by molar-refractivity contribution is 0.161. The Hall–Kier alpha value is -2.50. The average Bonchev–Trinajstić information content (AvgIpc) is 3.06. The molecular formula is C19H20N4O. The molecule has 3 aromatic rings. The summed E-state index contributed by atoms with van der Waals surface area (Å²) in [6.45, 7) is 4.09. The third-order valence-corrected chi connectivity index (χ3v) is 4.58. The molecule has 1 aromatic carbocycles. The number of ether oxygens (including phenoxy) is 1. The molecule has 122 valence electrons. The van der Waals surface area contributed by atoms with Crippen molar-refractivity contribution in [3.63, 3.8) is 0 Å². The van der Waals surface area contributed by atoms with Crippen LogP contribution in [-0.2, 0) is 11.3 Å². The van der Waals surface area contributed by atoms with Gasteiger partial charge in [0.15, 0.2) is 0 Å². The molecule has 0 atom stereocenters. The van der Waals surface area contributed by atoms with Gasteiger partial charge in [-0.15, -0.1) is 0 Å². The fourth-order valence-corrected chi connectivity index (χ4v) is 3.19. The van der Waals surface area contributed by atoms with Gasteiger partial charge in [-0.25, -0.2) is 9.50 Å². The van der Waals surface area contributed by atoms with E-state index >= 15 is 0 Å². The van der Waals surface area contributed by atoms with Crippen LogP contribution in [0.5, 0.6) is 0 Å². The monoisotopic (exact) mass is 320 g/mol. The predicted octanol–water partition coefficient (Wildman–Crippen LogP) is 2.97. The van der Waals surface area contributed by atoms with Crippen molar-refractivity contribution >= 4 is 11.1 Å². The highest BCUT2D eigenvalue weighted by molar-refractivity contribution is 5.81. The van der Waals surface area contributed by atoms with E-state index in [1.807, 2.05) is 4.52 Å². The van der Waals surface area contributed by atoms with Crippen LogP contribution in [0.25, 0.3) is 22.3 Å². The van der Waals surface area contributed by atoms with Gasteiger partial charge in [0.2, 0.25) is 0 Å².